The molecule has 1 fully saturated rings. The van der Waals surface area contributed by atoms with Crippen LogP contribution in [-0.4, -0.2) is 29.9 Å². The minimum absolute atomic E-state index is 0.0926. The van der Waals surface area contributed by atoms with Gasteiger partial charge in [0.2, 0.25) is 5.91 Å². The predicted molar refractivity (Wildman–Crippen MR) is 73.0 cm³/mol. The van der Waals surface area contributed by atoms with Gasteiger partial charge in [0.25, 0.3) is 0 Å². The van der Waals surface area contributed by atoms with Gasteiger partial charge in [0, 0.05) is 13.1 Å². The van der Waals surface area contributed by atoms with Crippen molar-refractivity contribution in [2.75, 3.05) is 13.1 Å². The molecular formula is C15H22N2O. The van der Waals surface area contributed by atoms with Crippen LogP contribution in [0.2, 0.25) is 0 Å². The minimum atomic E-state index is -0.412. The Morgan fingerprint density at radius 1 is 1.28 bits per heavy atom. The highest BCUT2D eigenvalue weighted by Crippen LogP contribution is 2.22. The lowest BCUT2D eigenvalue weighted by atomic mass is 10.0. The van der Waals surface area contributed by atoms with Crippen LogP contribution < -0.4 is 5.73 Å². The highest BCUT2D eigenvalue weighted by atomic mass is 16.2. The van der Waals surface area contributed by atoms with Gasteiger partial charge < -0.3 is 10.6 Å². The molecule has 1 aromatic rings. The van der Waals surface area contributed by atoms with Crippen molar-refractivity contribution in [3.05, 3.63) is 35.9 Å². The standard InChI is InChI=1S/C15H22N2O/c1-11-9-17(10-12(11)2)15(18)14(16)8-13-6-4-3-5-7-13/h3-7,11-12,14H,8-10,16H2,1-2H3/t11?,12?,14-/m0/s1. The summed E-state index contributed by atoms with van der Waals surface area (Å²) in [5, 5.41) is 0. The van der Waals surface area contributed by atoms with Gasteiger partial charge in [-0.05, 0) is 23.8 Å². The number of likely N-dealkylation sites (tertiary alicyclic amines) is 1. The summed E-state index contributed by atoms with van der Waals surface area (Å²) in [7, 11) is 0. The van der Waals surface area contributed by atoms with Gasteiger partial charge in [-0.3, -0.25) is 4.79 Å². The average molecular weight is 246 g/mol. The second kappa shape index (κ2) is 5.53. The third-order valence-electron chi connectivity index (χ3n) is 3.92. The Kier molecular flexibility index (Phi) is 4.02. The summed E-state index contributed by atoms with van der Waals surface area (Å²) >= 11 is 0. The van der Waals surface area contributed by atoms with Gasteiger partial charge in [0.05, 0.1) is 6.04 Å². The maximum atomic E-state index is 12.2. The molecule has 1 heterocycles. The molecule has 3 heteroatoms. The number of carbonyl (C=O) groups is 1. The number of nitrogens with two attached hydrogens (primary N) is 1. The van der Waals surface area contributed by atoms with Crippen LogP contribution in [-0.2, 0) is 11.2 Å². The van der Waals surface area contributed by atoms with Crippen LogP contribution in [0, 0.1) is 11.8 Å². The van der Waals surface area contributed by atoms with Gasteiger partial charge >= 0.3 is 0 Å². The van der Waals surface area contributed by atoms with Gasteiger partial charge in [-0.1, -0.05) is 44.2 Å². The van der Waals surface area contributed by atoms with Crippen LogP contribution in [0.1, 0.15) is 19.4 Å². The Bertz CT molecular complexity index is 394. The van der Waals surface area contributed by atoms with E-state index in [1.807, 2.05) is 35.2 Å². The van der Waals surface area contributed by atoms with Gasteiger partial charge in [-0.15, -0.1) is 0 Å². The van der Waals surface area contributed by atoms with Gasteiger partial charge in [0.15, 0.2) is 0 Å². The molecule has 1 saturated heterocycles. The van der Waals surface area contributed by atoms with Crippen LogP contribution in [0.5, 0.6) is 0 Å². The summed E-state index contributed by atoms with van der Waals surface area (Å²) in [6.07, 6.45) is 0.624. The molecule has 1 aromatic carbocycles. The Labute approximate surface area is 109 Å². The van der Waals surface area contributed by atoms with Crippen LogP contribution in [0.4, 0.5) is 0 Å². The van der Waals surface area contributed by atoms with Crippen molar-refractivity contribution in [1.82, 2.24) is 4.90 Å². The first-order valence-electron chi connectivity index (χ1n) is 6.66. The summed E-state index contributed by atoms with van der Waals surface area (Å²) in [5.74, 6) is 1.26. The molecule has 1 amide bonds. The molecule has 2 unspecified atom stereocenters. The third-order valence-corrected chi connectivity index (χ3v) is 3.92. The van der Waals surface area contributed by atoms with Gasteiger partial charge in [-0.25, -0.2) is 0 Å². The zero-order chi connectivity index (χ0) is 13.1. The predicted octanol–water partition coefficient (Wildman–Crippen LogP) is 1.67. The number of benzene rings is 1. The van der Waals surface area contributed by atoms with E-state index in [-0.39, 0.29) is 5.91 Å². The molecule has 0 radical (unpaired) electrons. The molecule has 3 nitrogen and oxygen atoms in total. The molecule has 0 spiro atoms. The summed E-state index contributed by atoms with van der Waals surface area (Å²) in [5.41, 5.74) is 7.15. The van der Waals surface area contributed by atoms with Crippen LogP contribution in [0.3, 0.4) is 0 Å². The highest BCUT2D eigenvalue weighted by Gasteiger charge is 2.31. The molecule has 0 aromatic heterocycles. The maximum Gasteiger partial charge on any atom is 0.239 e. The summed E-state index contributed by atoms with van der Waals surface area (Å²) in [4.78, 5) is 14.2. The van der Waals surface area contributed by atoms with E-state index in [4.69, 9.17) is 5.73 Å². The molecule has 0 saturated carbocycles. The van der Waals surface area contributed by atoms with E-state index in [9.17, 15) is 4.79 Å². The minimum Gasteiger partial charge on any atom is -0.341 e. The quantitative estimate of drug-likeness (QED) is 0.882. The maximum absolute atomic E-state index is 12.2. The molecule has 0 bridgehead atoms. The van der Waals surface area contributed by atoms with Crippen molar-refractivity contribution in [1.29, 1.82) is 0 Å². The Hall–Kier alpha value is -1.35. The number of nitrogens with zero attached hydrogens (tertiary/aromatic N) is 1. The van der Waals surface area contributed by atoms with Crippen LogP contribution >= 0.6 is 0 Å². The largest absolute Gasteiger partial charge is 0.341 e. The average Bonchev–Trinajstić information content (AvgIpc) is 2.70. The van der Waals surface area contributed by atoms with Crippen LogP contribution in [0.15, 0.2) is 30.3 Å². The molecule has 2 rings (SSSR count). The SMILES string of the molecule is CC1CN(C(=O)[C@@H](N)Cc2ccccc2)CC1C. The lowest BCUT2D eigenvalue weighted by Gasteiger charge is -2.20. The number of carbonyl (C=O) groups excluding carboxylic acids is 1. The Morgan fingerprint density at radius 3 is 2.39 bits per heavy atom. The van der Waals surface area contributed by atoms with E-state index in [1.54, 1.807) is 0 Å². The molecule has 1 aliphatic rings. The normalized spacial score (nSPS) is 25.2. The smallest absolute Gasteiger partial charge is 0.239 e. The lowest BCUT2D eigenvalue weighted by molar-refractivity contribution is -0.131. The molecule has 2 N–H and O–H groups in total. The van der Waals surface area contributed by atoms with Crippen molar-refractivity contribution in [3.8, 4) is 0 Å². The van der Waals surface area contributed by atoms with Crippen LogP contribution in [0.25, 0.3) is 0 Å². The topological polar surface area (TPSA) is 46.3 Å². The highest BCUT2D eigenvalue weighted by molar-refractivity contribution is 5.82. The van der Waals surface area contributed by atoms with Gasteiger partial charge in [0.1, 0.15) is 0 Å². The Balaban J connectivity index is 1.93. The zero-order valence-corrected chi connectivity index (χ0v) is 11.2. The number of amides is 1. The van der Waals surface area contributed by atoms with Crippen molar-refractivity contribution in [3.63, 3.8) is 0 Å². The third kappa shape index (κ3) is 2.91. The molecule has 98 valence electrons. The van der Waals surface area contributed by atoms with E-state index in [0.717, 1.165) is 18.7 Å². The molecule has 1 aliphatic heterocycles. The van der Waals surface area contributed by atoms with Crippen molar-refractivity contribution in [2.24, 2.45) is 17.6 Å². The number of hydrogen-bond donors (Lipinski definition) is 1. The van der Waals surface area contributed by atoms with Crippen molar-refractivity contribution < 1.29 is 4.79 Å². The van der Waals surface area contributed by atoms with Crippen molar-refractivity contribution >= 4 is 5.91 Å². The molecule has 0 aliphatic carbocycles. The summed E-state index contributed by atoms with van der Waals surface area (Å²) in [6.45, 7) is 6.09. The van der Waals surface area contributed by atoms with E-state index in [1.165, 1.54) is 0 Å². The first-order chi connectivity index (χ1) is 8.58. The summed E-state index contributed by atoms with van der Waals surface area (Å²) in [6, 6.07) is 9.55. The monoisotopic (exact) mass is 246 g/mol. The number of hydrogen-bond acceptors (Lipinski definition) is 2. The Morgan fingerprint density at radius 2 is 1.83 bits per heavy atom. The molecule has 18 heavy (non-hydrogen) atoms. The van der Waals surface area contributed by atoms with E-state index in [2.05, 4.69) is 13.8 Å². The lowest BCUT2D eigenvalue weighted by Crippen LogP contribution is -2.44. The first-order valence-corrected chi connectivity index (χ1v) is 6.66. The molecule has 3 atom stereocenters. The fourth-order valence-electron chi connectivity index (χ4n) is 2.50. The molecular weight excluding hydrogens is 224 g/mol. The van der Waals surface area contributed by atoms with E-state index in [0.29, 0.717) is 18.3 Å². The second-order valence-corrected chi connectivity index (χ2v) is 5.49. The first kappa shape index (κ1) is 13.1. The van der Waals surface area contributed by atoms with E-state index >= 15 is 0 Å². The van der Waals surface area contributed by atoms with Gasteiger partial charge in [-0.2, -0.15) is 0 Å². The van der Waals surface area contributed by atoms with Crippen molar-refractivity contribution in [2.45, 2.75) is 26.3 Å². The summed E-state index contributed by atoms with van der Waals surface area (Å²) < 4.78 is 0. The van der Waals surface area contributed by atoms with E-state index < -0.39 is 6.04 Å². The fourth-order valence-corrected chi connectivity index (χ4v) is 2.50. The number of rotatable bonds is 3. The fraction of sp³-hybridized carbons (Fsp3) is 0.533. The second-order valence-electron chi connectivity index (χ2n) is 5.49. The zero-order valence-electron chi connectivity index (χ0n) is 11.2.